The molecule has 0 amide bonds. The summed E-state index contributed by atoms with van der Waals surface area (Å²) in [5.74, 6) is 1.59. The van der Waals surface area contributed by atoms with Crippen molar-refractivity contribution < 1.29 is 24.0 Å². The van der Waals surface area contributed by atoms with Gasteiger partial charge in [-0.15, -0.1) is 47.0 Å². The van der Waals surface area contributed by atoms with E-state index in [2.05, 4.69) is 112 Å². The van der Waals surface area contributed by atoms with Gasteiger partial charge in [-0.2, -0.15) is 0 Å². The van der Waals surface area contributed by atoms with E-state index >= 15 is 0 Å². The van der Waals surface area contributed by atoms with Crippen LogP contribution in [0.25, 0.3) is 0 Å². The number of ether oxygens (including phenoxy) is 2. The molecule has 0 saturated carbocycles. The molecule has 0 atom stereocenters. The summed E-state index contributed by atoms with van der Waals surface area (Å²) in [7, 11) is 0. The molecule has 0 aromatic heterocycles. The normalized spacial score (nSPS) is 13.0. The minimum absolute atomic E-state index is 0.140. The van der Waals surface area contributed by atoms with Crippen LogP contribution in [0.15, 0.2) is 188 Å². The van der Waals surface area contributed by atoms with E-state index in [9.17, 15) is 19.7 Å². The molecular formula is C53H60N4O6S4. The van der Waals surface area contributed by atoms with E-state index in [1.54, 1.807) is 26.0 Å². The van der Waals surface area contributed by atoms with E-state index in [-0.39, 0.29) is 30.0 Å². The molecule has 0 bridgehead atoms. The predicted octanol–water partition coefficient (Wildman–Crippen LogP) is 11.5. The van der Waals surface area contributed by atoms with E-state index in [4.69, 9.17) is 9.47 Å². The highest BCUT2D eigenvalue weighted by Gasteiger charge is 2.38. The molecule has 1 aliphatic heterocycles. The lowest BCUT2D eigenvalue weighted by Crippen LogP contribution is -2.34. The molecule has 0 saturated heterocycles. The number of benzene rings is 5. The number of thioether (sulfide) groups is 4. The van der Waals surface area contributed by atoms with Crippen molar-refractivity contribution in [3.05, 3.63) is 184 Å². The molecule has 6 rings (SSSR count). The average Bonchev–Trinajstić information content (AvgIpc) is 3.34. The quantitative estimate of drug-likeness (QED) is 0.0169. The van der Waals surface area contributed by atoms with Crippen molar-refractivity contribution in [3.63, 3.8) is 0 Å². The van der Waals surface area contributed by atoms with Crippen molar-refractivity contribution in [1.29, 1.82) is 0 Å². The van der Waals surface area contributed by atoms with Crippen LogP contribution in [0, 0.1) is 10.1 Å². The van der Waals surface area contributed by atoms with Crippen LogP contribution in [-0.2, 0) is 19.1 Å². The Morgan fingerprint density at radius 1 is 0.537 bits per heavy atom. The molecule has 5 aromatic carbocycles. The monoisotopic (exact) mass is 976 g/mol. The number of carbonyl (C=O) groups is 2. The Morgan fingerprint density at radius 2 is 0.896 bits per heavy atom. The largest absolute Gasteiger partial charge is 0.462 e. The van der Waals surface area contributed by atoms with Crippen molar-refractivity contribution in [1.82, 2.24) is 15.1 Å². The second kappa shape index (κ2) is 28.4. The summed E-state index contributed by atoms with van der Waals surface area (Å²) >= 11 is 7.29. The number of rotatable bonds is 28. The summed E-state index contributed by atoms with van der Waals surface area (Å²) in [5.41, 5.74) is 1.79. The predicted molar refractivity (Wildman–Crippen MR) is 277 cm³/mol. The third-order valence-electron chi connectivity index (χ3n) is 11.0. The number of non-ortho nitro benzene ring substituents is 1. The van der Waals surface area contributed by atoms with Crippen LogP contribution < -0.4 is 5.32 Å². The highest BCUT2D eigenvalue weighted by atomic mass is 32.2. The first-order chi connectivity index (χ1) is 32.7. The maximum Gasteiger partial charge on any atom is 0.336 e. The lowest BCUT2D eigenvalue weighted by Gasteiger charge is -2.30. The second-order valence-electron chi connectivity index (χ2n) is 15.8. The molecule has 0 fully saturated rings. The maximum absolute atomic E-state index is 14.2. The van der Waals surface area contributed by atoms with Crippen LogP contribution in [-0.4, -0.2) is 102 Å². The fraction of sp³-hybridized carbons (Fsp3) is 0.321. The Kier molecular flexibility index (Phi) is 21.8. The Morgan fingerprint density at radius 3 is 1.24 bits per heavy atom. The Balaban J connectivity index is 1.08. The van der Waals surface area contributed by atoms with Gasteiger partial charge in [-0.1, -0.05) is 84.9 Å². The molecule has 0 radical (unpaired) electrons. The Hall–Kier alpha value is -4.96. The third-order valence-corrected chi connectivity index (χ3v) is 15.0. The van der Waals surface area contributed by atoms with Gasteiger partial charge >= 0.3 is 11.9 Å². The number of carbonyl (C=O) groups excluding carboxylic acids is 2. The van der Waals surface area contributed by atoms with Gasteiger partial charge in [-0.3, -0.25) is 10.1 Å². The van der Waals surface area contributed by atoms with Crippen LogP contribution in [0.1, 0.15) is 38.2 Å². The van der Waals surface area contributed by atoms with Crippen LogP contribution in [0.3, 0.4) is 0 Å². The number of esters is 2. The summed E-state index contributed by atoms with van der Waals surface area (Å²) in [5, 5.41) is 15.2. The number of nitro groups is 1. The number of allylic oxidation sites excluding steroid dienone is 2. The van der Waals surface area contributed by atoms with Crippen molar-refractivity contribution >= 4 is 64.7 Å². The molecule has 67 heavy (non-hydrogen) atoms. The molecule has 10 nitrogen and oxygen atoms in total. The van der Waals surface area contributed by atoms with Gasteiger partial charge in [0.15, 0.2) is 0 Å². The van der Waals surface area contributed by atoms with Crippen molar-refractivity contribution in [2.75, 3.05) is 75.5 Å². The highest BCUT2D eigenvalue weighted by molar-refractivity contribution is 8.00. The average molecular weight is 977 g/mol. The molecule has 14 heteroatoms. The highest BCUT2D eigenvalue weighted by Crippen LogP contribution is 2.40. The van der Waals surface area contributed by atoms with Gasteiger partial charge in [0.2, 0.25) is 0 Å². The first-order valence-corrected chi connectivity index (χ1v) is 26.6. The van der Waals surface area contributed by atoms with E-state index in [0.717, 1.165) is 62.3 Å². The third kappa shape index (κ3) is 17.3. The number of nitro benzene ring substituents is 1. The zero-order valence-corrected chi connectivity index (χ0v) is 41.5. The number of nitrogens with zero attached hydrogens (tertiary/aromatic N) is 3. The van der Waals surface area contributed by atoms with Crippen LogP contribution in [0.2, 0.25) is 0 Å². The van der Waals surface area contributed by atoms with Gasteiger partial charge < -0.3 is 24.6 Å². The number of hydrogen-bond donors (Lipinski definition) is 1. The smallest absolute Gasteiger partial charge is 0.336 e. The summed E-state index contributed by atoms with van der Waals surface area (Å²) in [6.45, 7) is 8.83. The van der Waals surface area contributed by atoms with Crippen LogP contribution in [0.4, 0.5) is 5.69 Å². The first kappa shape index (κ1) is 51.4. The van der Waals surface area contributed by atoms with E-state index < -0.39 is 22.8 Å². The van der Waals surface area contributed by atoms with Crippen LogP contribution >= 0.6 is 47.0 Å². The summed E-state index contributed by atoms with van der Waals surface area (Å²) < 4.78 is 12.0. The minimum atomic E-state index is -0.941. The maximum atomic E-state index is 14.2. The Labute approximate surface area is 412 Å². The van der Waals surface area contributed by atoms with Gasteiger partial charge in [0.25, 0.3) is 5.69 Å². The van der Waals surface area contributed by atoms with Crippen molar-refractivity contribution in [3.8, 4) is 0 Å². The van der Waals surface area contributed by atoms with E-state index in [0.29, 0.717) is 29.8 Å². The summed E-state index contributed by atoms with van der Waals surface area (Å²) in [6.07, 6.45) is 1.21. The number of nitrogens with one attached hydrogen (secondary N) is 1. The van der Waals surface area contributed by atoms with Gasteiger partial charge in [0.1, 0.15) is 0 Å². The zero-order chi connectivity index (χ0) is 47.1. The molecule has 1 aliphatic rings. The lowest BCUT2D eigenvalue weighted by molar-refractivity contribution is -0.384. The van der Waals surface area contributed by atoms with Crippen molar-refractivity contribution in [2.45, 2.75) is 52.2 Å². The Bertz CT molecular complexity index is 2150. The summed E-state index contributed by atoms with van der Waals surface area (Å²) in [6, 6.07) is 47.6. The first-order valence-electron chi connectivity index (χ1n) is 22.7. The van der Waals surface area contributed by atoms with Gasteiger partial charge in [-0.05, 0) is 80.8 Å². The number of dihydropyridines is 1. The SMILES string of the molecule is CC1=C(C(=O)OCCCN(CCSc2ccccc2)CCSc2ccccc2)C(c2cccc([N+](=O)[O-])c2)C(C(=O)OCCCN(CCSc2ccccc2)CCSc2ccccc2)=C(C)N1. The summed E-state index contributed by atoms with van der Waals surface area (Å²) in [4.78, 5) is 49.7. The van der Waals surface area contributed by atoms with Gasteiger partial charge in [0, 0.05) is 105 Å². The molecule has 5 aromatic rings. The standard InChI is InChI=1S/C53H60N4O6S4/c1-41-49(52(58)62-34-16-28-55(30-36-64-45-20-7-3-8-21-45)31-37-65-46-22-9-4-10-23-46)51(43-18-15-19-44(40-43)57(60)61)50(42(2)54-41)53(59)63-35-17-29-56(32-38-66-47-24-11-5-12-25-47)33-39-67-48-26-13-6-14-27-48/h3-15,18-27,40,51,54H,16-17,28-39H2,1-2H3. The number of hydrogen-bond acceptors (Lipinski definition) is 13. The van der Waals surface area contributed by atoms with Gasteiger partial charge in [-0.25, -0.2) is 9.59 Å². The van der Waals surface area contributed by atoms with Crippen molar-refractivity contribution in [2.24, 2.45) is 0 Å². The zero-order valence-electron chi connectivity index (χ0n) is 38.3. The van der Waals surface area contributed by atoms with E-state index in [1.807, 2.05) is 71.3 Å². The molecule has 0 spiro atoms. The molecular weight excluding hydrogens is 917 g/mol. The molecule has 352 valence electrons. The van der Waals surface area contributed by atoms with Gasteiger partial charge in [0.05, 0.1) is 35.2 Å². The fourth-order valence-corrected chi connectivity index (χ4v) is 11.4. The minimum Gasteiger partial charge on any atom is -0.462 e. The lowest BCUT2D eigenvalue weighted by atomic mass is 9.80. The molecule has 0 unspecified atom stereocenters. The fourth-order valence-electron chi connectivity index (χ4n) is 7.66. The topological polar surface area (TPSA) is 114 Å². The molecule has 0 aliphatic carbocycles. The second-order valence-corrected chi connectivity index (χ2v) is 20.5. The molecule has 1 N–H and O–H groups in total. The van der Waals surface area contributed by atoms with E-state index in [1.165, 1.54) is 31.7 Å². The molecule has 1 heterocycles. The van der Waals surface area contributed by atoms with Crippen LogP contribution in [0.5, 0.6) is 0 Å².